The van der Waals surface area contributed by atoms with Crippen LogP contribution in [0.3, 0.4) is 0 Å². The Balaban J connectivity index is 1.35. The lowest BCUT2D eigenvalue weighted by Gasteiger charge is -2.25. The zero-order chi connectivity index (χ0) is 26.3. The highest BCUT2D eigenvalue weighted by Gasteiger charge is 2.49. The standard InChI is InChI=1S/C27H28F3N5O2/c1-3-35-22(9-11-32-35)25(36)34-24(19-13-17-12-18(17)14-19)26(37)33-20-6-4-16(5-7-20)23-15(2)31-10-8-21(23)27(28,29)30/h4-11,17-19,24H,3,12-14H2,1-2H3,(H,33,37)(H,34,36)/t17?,18?,19?,24-/m0/s1. The number of halogens is 3. The van der Waals surface area contributed by atoms with E-state index in [0.29, 0.717) is 35.3 Å². The van der Waals surface area contributed by atoms with Crippen LogP contribution in [0.2, 0.25) is 0 Å². The first-order valence-corrected chi connectivity index (χ1v) is 12.4. The predicted octanol–water partition coefficient (Wildman–Crippen LogP) is 5.08. The Kier molecular flexibility index (Phi) is 6.51. The number of carbonyl (C=O) groups is 2. The summed E-state index contributed by atoms with van der Waals surface area (Å²) in [5.41, 5.74) is 0.691. The lowest BCUT2D eigenvalue weighted by molar-refractivity contribution is -0.137. The van der Waals surface area contributed by atoms with Gasteiger partial charge >= 0.3 is 6.18 Å². The highest BCUT2D eigenvalue weighted by molar-refractivity contribution is 6.00. The summed E-state index contributed by atoms with van der Waals surface area (Å²) in [6, 6.07) is 8.06. The lowest BCUT2D eigenvalue weighted by atomic mass is 9.93. The molecule has 2 saturated carbocycles. The van der Waals surface area contributed by atoms with Gasteiger partial charge in [-0.3, -0.25) is 19.3 Å². The number of alkyl halides is 3. The van der Waals surface area contributed by atoms with E-state index in [1.54, 1.807) is 29.1 Å². The summed E-state index contributed by atoms with van der Waals surface area (Å²) in [4.78, 5) is 30.4. The van der Waals surface area contributed by atoms with Gasteiger partial charge in [0.25, 0.3) is 5.91 Å². The molecule has 2 fully saturated rings. The second-order valence-corrected chi connectivity index (χ2v) is 9.85. The average Bonchev–Trinajstić information content (AvgIpc) is 3.24. The van der Waals surface area contributed by atoms with Crippen LogP contribution < -0.4 is 10.6 Å². The third-order valence-corrected chi connectivity index (χ3v) is 7.46. The molecule has 3 aromatic rings. The van der Waals surface area contributed by atoms with E-state index < -0.39 is 17.8 Å². The Hall–Kier alpha value is -3.69. The lowest BCUT2D eigenvalue weighted by Crippen LogP contribution is -2.48. The van der Waals surface area contributed by atoms with Crippen molar-refractivity contribution in [2.75, 3.05) is 5.32 Å². The smallest absolute Gasteiger partial charge is 0.339 e. The third kappa shape index (κ3) is 5.10. The highest BCUT2D eigenvalue weighted by atomic mass is 19.4. The number of aryl methyl sites for hydroxylation is 2. The molecule has 2 aliphatic carbocycles. The molecule has 2 aliphatic rings. The molecule has 7 nitrogen and oxygen atoms in total. The van der Waals surface area contributed by atoms with Crippen LogP contribution in [0.1, 0.15) is 47.9 Å². The molecule has 0 spiro atoms. The summed E-state index contributed by atoms with van der Waals surface area (Å²) in [6.07, 6.45) is 1.12. The molecule has 0 aliphatic heterocycles. The maximum atomic E-state index is 13.6. The second-order valence-electron chi connectivity index (χ2n) is 9.85. The Labute approximate surface area is 212 Å². The molecule has 0 bridgehead atoms. The predicted molar refractivity (Wildman–Crippen MR) is 132 cm³/mol. The molecule has 3 atom stereocenters. The number of fused-ring (bicyclic) bond motifs is 1. The normalized spacial score (nSPS) is 21.3. The van der Waals surface area contributed by atoms with Crippen molar-refractivity contribution in [2.45, 2.75) is 51.9 Å². The Morgan fingerprint density at radius 1 is 1.05 bits per heavy atom. The van der Waals surface area contributed by atoms with E-state index in [2.05, 4.69) is 20.7 Å². The topological polar surface area (TPSA) is 88.9 Å². The number of anilines is 1. The number of aromatic nitrogens is 3. The highest BCUT2D eigenvalue weighted by Crippen LogP contribution is 2.55. The molecule has 0 saturated heterocycles. The van der Waals surface area contributed by atoms with E-state index in [1.165, 1.54) is 25.5 Å². The van der Waals surface area contributed by atoms with Crippen LogP contribution in [0.15, 0.2) is 48.8 Å². The monoisotopic (exact) mass is 511 g/mol. The van der Waals surface area contributed by atoms with Crippen LogP contribution in [0.4, 0.5) is 18.9 Å². The van der Waals surface area contributed by atoms with Crippen molar-refractivity contribution in [2.24, 2.45) is 17.8 Å². The van der Waals surface area contributed by atoms with Gasteiger partial charge in [0, 0.05) is 35.9 Å². The Morgan fingerprint density at radius 3 is 2.41 bits per heavy atom. The minimum Gasteiger partial charge on any atom is -0.339 e. The number of hydrogen-bond acceptors (Lipinski definition) is 4. The molecule has 37 heavy (non-hydrogen) atoms. The van der Waals surface area contributed by atoms with E-state index in [1.807, 2.05) is 6.92 Å². The first-order valence-electron chi connectivity index (χ1n) is 12.4. The molecule has 2 heterocycles. The number of rotatable bonds is 7. The molecular weight excluding hydrogens is 483 g/mol. The summed E-state index contributed by atoms with van der Waals surface area (Å²) in [5, 5.41) is 9.91. The average molecular weight is 512 g/mol. The summed E-state index contributed by atoms with van der Waals surface area (Å²) in [7, 11) is 0. The summed E-state index contributed by atoms with van der Waals surface area (Å²) >= 11 is 0. The van der Waals surface area contributed by atoms with Crippen molar-refractivity contribution in [3.05, 3.63) is 65.7 Å². The van der Waals surface area contributed by atoms with Gasteiger partial charge in [-0.25, -0.2) is 0 Å². The fourth-order valence-electron chi connectivity index (χ4n) is 5.53. The minimum atomic E-state index is -4.52. The zero-order valence-corrected chi connectivity index (χ0v) is 20.5. The van der Waals surface area contributed by atoms with Gasteiger partial charge in [0.15, 0.2) is 0 Å². The minimum absolute atomic E-state index is 0.00994. The maximum absolute atomic E-state index is 13.6. The van der Waals surface area contributed by atoms with E-state index >= 15 is 0 Å². The van der Waals surface area contributed by atoms with Gasteiger partial charge in [0.1, 0.15) is 11.7 Å². The Morgan fingerprint density at radius 2 is 1.76 bits per heavy atom. The second kappa shape index (κ2) is 9.64. The SMILES string of the molecule is CCn1nccc1C(=O)N[C@H](C(=O)Nc1ccc(-c2c(C(F)(F)F)ccnc2C)cc1)C1CC2CC2C1. The number of nitrogens with zero attached hydrogens (tertiary/aromatic N) is 3. The van der Waals surface area contributed by atoms with Crippen LogP contribution in [0, 0.1) is 24.7 Å². The molecule has 2 aromatic heterocycles. The van der Waals surface area contributed by atoms with E-state index in [9.17, 15) is 22.8 Å². The van der Waals surface area contributed by atoms with Gasteiger partial charge in [-0.2, -0.15) is 18.3 Å². The number of amides is 2. The van der Waals surface area contributed by atoms with Crippen LogP contribution in [-0.2, 0) is 17.5 Å². The van der Waals surface area contributed by atoms with Gasteiger partial charge in [0.2, 0.25) is 5.91 Å². The summed E-state index contributed by atoms with van der Waals surface area (Å²) < 4.78 is 42.3. The molecule has 0 radical (unpaired) electrons. The van der Waals surface area contributed by atoms with Crippen molar-refractivity contribution in [1.29, 1.82) is 0 Å². The van der Waals surface area contributed by atoms with E-state index in [0.717, 1.165) is 25.1 Å². The molecule has 194 valence electrons. The first kappa shape index (κ1) is 25.0. The number of nitrogens with one attached hydrogen (secondary N) is 2. The van der Waals surface area contributed by atoms with Gasteiger partial charge in [-0.15, -0.1) is 0 Å². The number of hydrogen-bond donors (Lipinski definition) is 2. The van der Waals surface area contributed by atoms with Crippen LogP contribution in [0.25, 0.3) is 11.1 Å². The zero-order valence-electron chi connectivity index (χ0n) is 20.5. The third-order valence-electron chi connectivity index (χ3n) is 7.46. The summed E-state index contributed by atoms with van der Waals surface area (Å²) in [5.74, 6) is 0.550. The van der Waals surface area contributed by atoms with Gasteiger partial charge in [0.05, 0.1) is 5.56 Å². The molecule has 2 amide bonds. The van der Waals surface area contributed by atoms with E-state index in [4.69, 9.17) is 0 Å². The molecule has 10 heteroatoms. The molecular formula is C27H28F3N5O2. The van der Waals surface area contributed by atoms with Crippen LogP contribution in [0.5, 0.6) is 0 Å². The largest absolute Gasteiger partial charge is 0.417 e. The number of pyridine rings is 1. The van der Waals surface area contributed by atoms with Crippen molar-refractivity contribution >= 4 is 17.5 Å². The fraction of sp³-hybridized carbons (Fsp3) is 0.407. The fourth-order valence-corrected chi connectivity index (χ4v) is 5.53. The van der Waals surface area contributed by atoms with Gasteiger partial charge in [-0.05, 0) is 80.7 Å². The van der Waals surface area contributed by atoms with Crippen molar-refractivity contribution in [3.8, 4) is 11.1 Å². The Bertz CT molecular complexity index is 1310. The number of benzene rings is 1. The first-order chi connectivity index (χ1) is 17.7. The van der Waals surface area contributed by atoms with Gasteiger partial charge in [-0.1, -0.05) is 12.1 Å². The maximum Gasteiger partial charge on any atom is 0.417 e. The van der Waals surface area contributed by atoms with E-state index in [-0.39, 0.29) is 29.0 Å². The van der Waals surface area contributed by atoms with Crippen molar-refractivity contribution < 1.29 is 22.8 Å². The van der Waals surface area contributed by atoms with Gasteiger partial charge < -0.3 is 10.6 Å². The van der Waals surface area contributed by atoms with Crippen molar-refractivity contribution in [3.63, 3.8) is 0 Å². The molecule has 1 aromatic carbocycles. The molecule has 5 rings (SSSR count). The molecule has 2 N–H and O–H groups in total. The quantitative estimate of drug-likeness (QED) is 0.463. The van der Waals surface area contributed by atoms with Crippen molar-refractivity contribution in [1.82, 2.24) is 20.1 Å². The number of carbonyl (C=O) groups excluding carboxylic acids is 2. The molecule has 2 unspecified atom stereocenters. The summed E-state index contributed by atoms with van der Waals surface area (Å²) in [6.45, 7) is 3.94. The van der Waals surface area contributed by atoms with Crippen LogP contribution >= 0.6 is 0 Å². The van der Waals surface area contributed by atoms with Crippen LogP contribution in [-0.4, -0.2) is 32.6 Å².